The maximum Gasteiger partial charge on any atom is 0.163 e. The first kappa shape index (κ1) is 13.8. The maximum absolute atomic E-state index is 6.14. The molecule has 5 heteroatoms. The Hall–Kier alpha value is -2.17. The molecule has 0 saturated heterocycles. The number of anilines is 1. The summed E-state index contributed by atoms with van der Waals surface area (Å²) in [6, 6.07) is 3.81. The molecule has 0 atom stereocenters. The molecule has 1 aromatic heterocycles. The fourth-order valence-electron chi connectivity index (χ4n) is 2.84. The Morgan fingerprint density at radius 2 is 1.86 bits per heavy atom. The molecule has 0 unspecified atom stereocenters. The van der Waals surface area contributed by atoms with Crippen LogP contribution < -0.4 is 15.2 Å². The molecule has 3 rings (SSSR count). The van der Waals surface area contributed by atoms with E-state index in [1.54, 1.807) is 0 Å². The largest absolute Gasteiger partial charge is 0.486 e. The van der Waals surface area contributed by atoms with Crippen LogP contribution in [0.15, 0.2) is 12.1 Å². The van der Waals surface area contributed by atoms with E-state index >= 15 is 0 Å². The van der Waals surface area contributed by atoms with Gasteiger partial charge < -0.3 is 15.2 Å². The van der Waals surface area contributed by atoms with E-state index < -0.39 is 0 Å². The second kappa shape index (κ2) is 5.31. The van der Waals surface area contributed by atoms with E-state index in [0.29, 0.717) is 25.4 Å². The number of fused-ring (bicyclic) bond motifs is 1. The molecule has 1 aliphatic rings. The van der Waals surface area contributed by atoms with Gasteiger partial charge in [-0.2, -0.15) is 5.10 Å². The van der Waals surface area contributed by atoms with Crippen LogP contribution in [-0.4, -0.2) is 23.0 Å². The SMILES string of the molecule is CCc1c(C)nn(Cc2cc3c(cc2N)OCCO3)c1C. The smallest absolute Gasteiger partial charge is 0.163 e. The molecule has 0 radical (unpaired) electrons. The lowest BCUT2D eigenvalue weighted by Gasteiger charge is -2.20. The van der Waals surface area contributed by atoms with E-state index in [4.69, 9.17) is 15.2 Å². The molecule has 0 fully saturated rings. The lowest BCUT2D eigenvalue weighted by molar-refractivity contribution is 0.171. The van der Waals surface area contributed by atoms with Gasteiger partial charge >= 0.3 is 0 Å². The third kappa shape index (κ3) is 2.44. The highest BCUT2D eigenvalue weighted by Gasteiger charge is 2.16. The highest BCUT2D eigenvalue weighted by atomic mass is 16.6. The van der Waals surface area contributed by atoms with Crippen molar-refractivity contribution >= 4 is 5.69 Å². The van der Waals surface area contributed by atoms with Gasteiger partial charge in [0.15, 0.2) is 11.5 Å². The van der Waals surface area contributed by atoms with Crippen LogP contribution in [0.2, 0.25) is 0 Å². The number of hydrogen-bond acceptors (Lipinski definition) is 4. The lowest BCUT2D eigenvalue weighted by Crippen LogP contribution is -2.16. The van der Waals surface area contributed by atoms with Crippen molar-refractivity contribution in [1.29, 1.82) is 0 Å². The molecule has 21 heavy (non-hydrogen) atoms. The fourth-order valence-corrected chi connectivity index (χ4v) is 2.84. The molecule has 2 aromatic rings. The molecule has 2 heterocycles. The van der Waals surface area contributed by atoms with Gasteiger partial charge in [-0.05, 0) is 31.9 Å². The van der Waals surface area contributed by atoms with Crippen LogP contribution in [0.1, 0.15) is 29.4 Å². The number of nitrogen functional groups attached to an aromatic ring is 1. The third-order valence-electron chi connectivity index (χ3n) is 4.01. The molecule has 112 valence electrons. The summed E-state index contributed by atoms with van der Waals surface area (Å²) < 4.78 is 13.2. The number of ether oxygens (including phenoxy) is 2. The standard InChI is InChI=1S/C16H21N3O2/c1-4-13-10(2)18-19(11(13)3)9-12-7-15-16(8-14(12)17)21-6-5-20-15/h7-8H,4-6,9,17H2,1-3H3. The van der Waals surface area contributed by atoms with E-state index in [1.165, 1.54) is 11.3 Å². The van der Waals surface area contributed by atoms with Crippen molar-refractivity contribution in [3.63, 3.8) is 0 Å². The predicted octanol–water partition coefficient (Wildman–Crippen LogP) is 2.46. The van der Waals surface area contributed by atoms with Crippen LogP contribution in [0.4, 0.5) is 5.69 Å². The van der Waals surface area contributed by atoms with Crippen molar-refractivity contribution in [2.24, 2.45) is 0 Å². The number of nitrogens with zero attached hydrogens (tertiary/aromatic N) is 2. The van der Waals surface area contributed by atoms with Crippen LogP contribution in [0.25, 0.3) is 0 Å². The number of aryl methyl sites for hydroxylation is 1. The second-order valence-corrected chi connectivity index (χ2v) is 5.36. The molecule has 2 N–H and O–H groups in total. The van der Waals surface area contributed by atoms with E-state index in [2.05, 4.69) is 25.9 Å². The highest BCUT2D eigenvalue weighted by Crippen LogP contribution is 2.34. The summed E-state index contributed by atoms with van der Waals surface area (Å²) >= 11 is 0. The summed E-state index contributed by atoms with van der Waals surface area (Å²) in [6.45, 7) is 8.11. The van der Waals surface area contributed by atoms with Gasteiger partial charge in [0.25, 0.3) is 0 Å². The molecule has 0 bridgehead atoms. The molecule has 0 spiro atoms. The van der Waals surface area contributed by atoms with Crippen LogP contribution in [0.5, 0.6) is 11.5 Å². The summed E-state index contributed by atoms with van der Waals surface area (Å²) in [5, 5.41) is 4.62. The zero-order chi connectivity index (χ0) is 15.0. The molecular weight excluding hydrogens is 266 g/mol. The van der Waals surface area contributed by atoms with Crippen molar-refractivity contribution < 1.29 is 9.47 Å². The van der Waals surface area contributed by atoms with E-state index in [-0.39, 0.29) is 0 Å². The van der Waals surface area contributed by atoms with Crippen molar-refractivity contribution in [2.75, 3.05) is 18.9 Å². The first-order valence-electron chi connectivity index (χ1n) is 7.31. The number of benzene rings is 1. The molecule has 1 aromatic carbocycles. The Kier molecular flexibility index (Phi) is 3.49. The van der Waals surface area contributed by atoms with Crippen molar-refractivity contribution in [3.05, 3.63) is 34.6 Å². The molecule has 0 saturated carbocycles. The summed E-state index contributed by atoms with van der Waals surface area (Å²) in [7, 11) is 0. The Morgan fingerprint density at radius 3 is 2.48 bits per heavy atom. The first-order valence-corrected chi connectivity index (χ1v) is 7.31. The minimum Gasteiger partial charge on any atom is -0.486 e. The van der Waals surface area contributed by atoms with Gasteiger partial charge in [-0.15, -0.1) is 0 Å². The van der Waals surface area contributed by atoms with E-state index in [0.717, 1.165) is 29.2 Å². The van der Waals surface area contributed by atoms with Gasteiger partial charge in [0.2, 0.25) is 0 Å². The quantitative estimate of drug-likeness (QED) is 0.881. The van der Waals surface area contributed by atoms with Crippen molar-refractivity contribution in [2.45, 2.75) is 33.7 Å². The zero-order valence-electron chi connectivity index (χ0n) is 12.8. The second-order valence-electron chi connectivity index (χ2n) is 5.36. The summed E-state index contributed by atoms with van der Waals surface area (Å²) in [5.74, 6) is 1.49. The number of aromatic nitrogens is 2. The van der Waals surface area contributed by atoms with Crippen LogP contribution >= 0.6 is 0 Å². The average Bonchev–Trinajstić information content (AvgIpc) is 2.73. The van der Waals surface area contributed by atoms with Crippen molar-refractivity contribution in [3.8, 4) is 11.5 Å². The topological polar surface area (TPSA) is 62.3 Å². The molecule has 5 nitrogen and oxygen atoms in total. The molecule has 0 amide bonds. The molecule has 1 aliphatic heterocycles. The maximum atomic E-state index is 6.14. The zero-order valence-corrected chi connectivity index (χ0v) is 12.8. The Morgan fingerprint density at radius 1 is 1.19 bits per heavy atom. The van der Waals surface area contributed by atoms with Crippen molar-refractivity contribution in [1.82, 2.24) is 9.78 Å². The summed E-state index contributed by atoms with van der Waals surface area (Å²) in [6.07, 6.45) is 0.994. The van der Waals surface area contributed by atoms with Gasteiger partial charge in [-0.25, -0.2) is 0 Å². The van der Waals surface area contributed by atoms with Crippen LogP contribution in [0, 0.1) is 13.8 Å². The summed E-state index contributed by atoms with van der Waals surface area (Å²) in [4.78, 5) is 0. The van der Waals surface area contributed by atoms with Gasteiger partial charge in [0.1, 0.15) is 13.2 Å². The van der Waals surface area contributed by atoms with Crippen LogP contribution in [-0.2, 0) is 13.0 Å². The predicted molar refractivity (Wildman–Crippen MR) is 82.0 cm³/mol. The third-order valence-corrected chi connectivity index (χ3v) is 4.01. The Labute approximate surface area is 124 Å². The van der Waals surface area contributed by atoms with E-state index in [1.807, 2.05) is 16.8 Å². The minimum atomic E-state index is 0.573. The number of hydrogen-bond donors (Lipinski definition) is 1. The van der Waals surface area contributed by atoms with Gasteiger partial charge in [-0.1, -0.05) is 6.92 Å². The minimum absolute atomic E-state index is 0.573. The number of nitrogens with two attached hydrogens (primary N) is 1. The van der Waals surface area contributed by atoms with Gasteiger partial charge in [-0.3, -0.25) is 4.68 Å². The average molecular weight is 287 g/mol. The monoisotopic (exact) mass is 287 g/mol. The first-order chi connectivity index (χ1) is 10.1. The Balaban J connectivity index is 1.95. The normalized spacial score (nSPS) is 13.5. The number of rotatable bonds is 3. The van der Waals surface area contributed by atoms with Gasteiger partial charge in [0.05, 0.1) is 12.2 Å². The van der Waals surface area contributed by atoms with Crippen LogP contribution in [0.3, 0.4) is 0 Å². The fraction of sp³-hybridized carbons (Fsp3) is 0.438. The Bertz CT molecular complexity index is 677. The van der Waals surface area contributed by atoms with Gasteiger partial charge in [0, 0.05) is 23.0 Å². The summed E-state index contributed by atoms with van der Waals surface area (Å²) in [5.41, 5.74) is 11.5. The highest BCUT2D eigenvalue weighted by molar-refractivity contribution is 5.58. The lowest BCUT2D eigenvalue weighted by atomic mass is 10.1. The molecule has 0 aliphatic carbocycles. The van der Waals surface area contributed by atoms with E-state index in [9.17, 15) is 0 Å². The molecular formula is C16H21N3O2.